The van der Waals surface area contributed by atoms with E-state index in [-0.39, 0.29) is 0 Å². The van der Waals surface area contributed by atoms with Crippen LogP contribution in [0.25, 0.3) is 0 Å². The van der Waals surface area contributed by atoms with Gasteiger partial charge >= 0.3 is 0 Å². The fourth-order valence-corrected chi connectivity index (χ4v) is 2.45. The van der Waals surface area contributed by atoms with E-state index in [2.05, 4.69) is 23.7 Å². The smallest absolute Gasteiger partial charge is 0.214 e. The van der Waals surface area contributed by atoms with Gasteiger partial charge in [0.05, 0.1) is 0 Å². The van der Waals surface area contributed by atoms with Crippen molar-refractivity contribution in [1.29, 1.82) is 0 Å². The first-order valence-corrected chi connectivity index (χ1v) is 8.53. The fraction of sp³-hybridized carbons (Fsp3) is 0.120. The third kappa shape index (κ3) is 4.42. The minimum absolute atomic E-state index is 0.666. The molecular formula is C25H20O. The summed E-state index contributed by atoms with van der Waals surface area (Å²) >= 11 is 0. The third-order valence-electron chi connectivity index (χ3n) is 4.07. The molecule has 0 radical (unpaired) electrons. The van der Waals surface area contributed by atoms with Gasteiger partial charge in [-0.3, -0.25) is 0 Å². The van der Waals surface area contributed by atoms with Crippen LogP contribution in [0.5, 0.6) is 0 Å². The summed E-state index contributed by atoms with van der Waals surface area (Å²) < 4.78 is 0. The number of aryl methyl sites for hydroxylation is 2. The predicted molar refractivity (Wildman–Crippen MR) is 106 cm³/mol. The molecular weight excluding hydrogens is 316 g/mol. The maximum Gasteiger partial charge on any atom is 0.214 e. The van der Waals surface area contributed by atoms with Crippen molar-refractivity contribution in [2.45, 2.75) is 19.4 Å². The second kappa shape index (κ2) is 7.75. The molecule has 3 aromatic rings. The largest absolute Gasteiger partial charge is 0.363 e. The highest BCUT2D eigenvalue weighted by atomic mass is 16.3. The molecule has 0 aliphatic carbocycles. The summed E-state index contributed by atoms with van der Waals surface area (Å²) in [7, 11) is 0. The second-order valence-corrected chi connectivity index (χ2v) is 6.31. The van der Waals surface area contributed by atoms with Crippen molar-refractivity contribution in [3.63, 3.8) is 0 Å². The molecule has 0 atom stereocenters. The highest BCUT2D eigenvalue weighted by Crippen LogP contribution is 2.20. The molecule has 26 heavy (non-hydrogen) atoms. The highest BCUT2D eigenvalue weighted by molar-refractivity contribution is 5.48. The molecule has 0 amide bonds. The predicted octanol–water partition coefficient (Wildman–Crippen LogP) is 4.59. The first kappa shape index (κ1) is 17.6. The second-order valence-electron chi connectivity index (χ2n) is 6.31. The maximum atomic E-state index is 11.2. The van der Waals surface area contributed by atoms with Crippen LogP contribution in [0.15, 0.2) is 78.9 Å². The zero-order valence-corrected chi connectivity index (χ0v) is 15.0. The third-order valence-corrected chi connectivity index (χ3v) is 4.07. The van der Waals surface area contributed by atoms with E-state index in [4.69, 9.17) is 0 Å². The highest BCUT2D eigenvalue weighted by Gasteiger charge is 2.24. The van der Waals surface area contributed by atoms with E-state index in [1.807, 2.05) is 92.7 Å². The standard InChI is InChI=1S/C25H20O/c1-20-8-12-22(13-9-20)16-18-25(26,24-6-4-3-5-7-24)19-17-23-14-10-21(2)11-15-23/h3-15,26H,1-2H3. The Balaban J connectivity index is 2.01. The molecule has 0 fully saturated rings. The van der Waals surface area contributed by atoms with Gasteiger partial charge in [-0.25, -0.2) is 0 Å². The van der Waals surface area contributed by atoms with Gasteiger partial charge < -0.3 is 5.11 Å². The summed E-state index contributed by atoms with van der Waals surface area (Å²) in [5.41, 5.74) is 3.18. The molecule has 1 N–H and O–H groups in total. The van der Waals surface area contributed by atoms with Crippen LogP contribution in [0, 0.1) is 37.5 Å². The molecule has 0 aliphatic rings. The minimum Gasteiger partial charge on any atom is -0.363 e. The summed E-state index contributed by atoms with van der Waals surface area (Å²) in [5.74, 6) is 12.0. The first-order valence-electron chi connectivity index (χ1n) is 8.53. The first-order chi connectivity index (χ1) is 12.5. The summed E-state index contributed by atoms with van der Waals surface area (Å²) in [4.78, 5) is 0. The van der Waals surface area contributed by atoms with E-state index in [1.165, 1.54) is 11.1 Å². The monoisotopic (exact) mass is 336 g/mol. The Morgan fingerprint density at radius 2 is 1.04 bits per heavy atom. The molecule has 0 saturated heterocycles. The van der Waals surface area contributed by atoms with Gasteiger partial charge in [0.1, 0.15) is 0 Å². The SMILES string of the molecule is Cc1ccc(C#CC(O)(C#Cc2ccc(C)cc2)c2ccccc2)cc1. The lowest BCUT2D eigenvalue weighted by Gasteiger charge is -2.15. The lowest BCUT2D eigenvalue weighted by atomic mass is 9.94. The molecule has 0 saturated carbocycles. The molecule has 0 aromatic heterocycles. The van der Waals surface area contributed by atoms with E-state index in [0.29, 0.717) is 5.56 Å². The van der Waals surface area contributed by atoms with Crippen molar-refractivity contribution in [3.8, 4) is 23.7 Å². The molecule has 0 unspecified atom stereocenters. The van der Waals surface area contributed by atoms with Crippen LogP contribution in [0.4, 0.5) is 0 Å². The van der Waals surface area contributed by atoms with Crippen molar-refractivity contribution < 1.29 is 5.11 Å². The van der Waals surface area contributed by atoms with Crippen molar-refractivity contribution in [2.24, 2.45) is 0 Å². The lowest BCUT2D eigenvalue weighted by Crippen LogP contribution is -2.21. The van der Waals surface area contributed by atoms with Gasteiger partial charge in [-0.05, 0) is 50.0 Å². The zero-order valence-electron chi connectivity index (χ0n) is 15.0. The van der Waals surface area contributed by atoms with Crippen LogP contribution in [-0.4, -0.2) is 5.11 Å². The molecule has 126 valence electrons. The number of benzene rings is 3. The van der Waals surface area contributed by atoms with Crippen LogP contribution >= 0.6 is 0 Å². The van der Waals surface area contributed by atoms with Crippen LogP contribution in [0.3, 0.4) is 0 Å². The molecule has 3 aromatic carbocycles. The molecule has 0 spiro atoms. The minimum atomic E-state index is -1.53. The Kier molecular flexibility index (Phi) is 5.23. The Labute approximate surface area is 155 Å². The molecule has 0 heterocycles. The maximum absolute atomic E-state index is 11.2. The number of rotatable bonds is 1. The summed E-state index contributed by atoms with van der Waals surface area (Å²) in [6, 6.07) is 25.1. The van der Waals surface area contributed by atoms with Crippen molar-refractivity contribution in [3.05, 3.63) is 107 Å². The average molecular weight is 336 g/mol. The van der Waals surface area contributed by atoms with Gasteiger partial charge in [0.2, 0.25) is 5.60 Å². The van der Waals surface area contributed by atoms with E-state index in [0.717, 1.165) is 11.1 Å². The molecule has 1 heteroatoms. The Hall–Kier alpha value is -3.26. The number of aliphatic hydroxyl groups is 1. The summed E-state index contributed by atoms with van der Waals surface area (Å²) in [5, 5.41) is 11.2. The van der Waals surface area contributed by atoms with Crippen molar-refractivity contribution in [1.82, 2.24) is 0 Å². The van der Waals surface area contributed by atoms with Crippen molar-refractivity contribution in [2.75, 3.05) is 0 Å². The lowest BCUT2D eigenvalue weighted by molar-refractivity contribution is 0.165. The quantitative estimate of drug-likeness (QED) is 0.644. The van der Waals surface area contributed by atoms with E-state index < -0.39 is 5.60 Å². The Morgan fingerprint density at radius 1 is 0.615 bits per heavy atom. The van der Waals surface area contributed by atoms with E-state index in [1.54, 1.807) is 0 Å². The Bertz CT molecular complexity index is 926. The van der Waals surface area contributed by atoms with E-state index >= 15 is 0 Å². The van der Waals surface area contributed by atoms with Crippen LogP contribution in [-0.2, 0) is 5.60 Å². The zero-order chi connectivity index (χ0) is 18.4. The van der Waals surface area contributed by atoms with Gasteiger partial charge in [0.25, 0.3) is 0 Å². The van der Waals surface area contributed by atoms with Crippen LogP contribution < -0.4 is 0 Å². The van der Waals surface area contributed by atoms with Crippen LogP contribution in [0.2, 0.25) is 0 Å². The van der Waals surface area contributed by atoms with Gasteiger partial charge in [0, 0.05) is 16.7 Å². The molecule has 0 bridgehead atoms. The summed E-state index contributed by atoms with van der Waals surface area (Å²) in [6.07, 6.45) is 0. The topological polar surface area (TPSA) is 20.2 Å². The fourth-order valence-electron chi connectivity index (χ4n) is 2.45. The van der Waals surface area contributed by atoms with E-state index in [9.17, 15) is 5.11 Å². The molecule has 3 rings (SSSR count). The van der Waals surface area contributed by atoms with Gasteiger partial charge in [-0.2, -0.15) is 0 Å². The van der Waals surface area contributed by atoms with Crippen LogP contribution in [0.1, 0.15) is 27.8 Å². The average Bonchev–Trinajstić information content (AvgIpc) is 2.68. The van der Waals surface area contributed by atoms with Gasteiger partial charge in [-0.15, -0.1) is 0 Å². The molecule has 0 aliphatic heterocycles. The van der Waals surface area contributed by atoms with Crippen molar-refractivity contribution >= 4 is 0 Å². The Morgan fingerprint density at radius 3 is 1.46 bits per heavy atom. The summed E-state index contributed by atoms with van der Waals surface area (Å²) in [6.45, 7) is 4.06. The van der Waals surface area contributed by atoms with Gasteiger partial charge in [0.15, 0.2) is 0 Å². The normalized spacial score (nSPS) is 10.3. The number of hydrogen-bond acceptors (Lipinski definition) is 1. The number of hydrogen-bond donors (Lipinski definition) is 1. The molecule has 1 nitrogen and oxygen atoms in total. The van der Waals surface area contributed by atoms with Gasteiger partial charge in [-0.1, -0.05) is 77.6 Å².